The highest BCUT2D eigenvalue weighted by Crippen LogP contribution is 2.16. The summed E-state index contributed by atoms with van der Waals surface area (Å²) < 4.78 is 41.4. The number of imidazole rings is 1. The van der Waals surface area contributed by atoms with Crippen molar-refractivity contribution in [2.24, 2.45) is 7.05 Å². The third-order valence-corrected chi connectivity index (χ3v) is 3.75. The minimum atomic E-state index is -0.911. The number of hydrogen-bond acceptors (Lipinski definition) is 2. The van der Waals surface area contributed by atoms with Gasteiger partial charge in [0.15, 0.2) is 0 Å². The molecule has 1 heterocycles. The predicted octanol–water partition coefficient (Wildman–Crippen LogP) is 2.96. The maximum absolute atomic E-state index is 13.5. The Balaban J connectivity index is 1.68. The molecule has 1 aromatic heterocycles. The monoisotopic (exact) mass is 333 g/mol. The highest BCUT2D eigenvalue weighted by molar-refractivity contribution is 5.94. The lowest BCUT2D eigenvalue weighted by Gasteiger charge is -2.06. The standard InChI is InChI=1S/C17H14F3N3O/c1-23-15-5-3-11(19)9-14(15)22-16(23)6-7-21-17(24)12-4-2-10(18)8-13(12)20/h2-5,8-9H,6-7H2,1H3,(H,21,24). The van der Waals surface area contributed by atoms with Gasteiger partial charge in [0.05, 0.1) is 16.6 Å². The Morgan fingerprint density at radius 2 is 1.83 bits per heavy atom. The van der Waals surface area contributed by atoms with Crippen LogP contribution in [0.15, 0.2) is 36.4 Å². The first-order valence-corrected chi connectivity index (χ1v) is 7.30. The summed E-state index contributed by atoms with van der Waals surface area (Å²) in [5, 5.41) is 2.56. The molecule has 1 N–H and O–H groups in total. The maximum Gasteiger partial charge on any atom is 0.254 e. The second-order valence-electron chi connectivity index (χ2n) is 5.35. The summed E-state index contributed by atoms with van der Waals surface area (Å²) >= 11 is 0. The van der Waals surface area contributed by atoms with Gasteiger partial charge in [-0.15, -0.1) is 0 Å². The highest BCUT2D eigenvalue weighted by atomic mass is 19.1. The van der Waals surface area contributed by atoms with E-state index in [0.717, 1.165) is 17.6 Å². The number of fused-ring (bicyclic) bond motifs is 1. The molecule has 0 unspecified atom stereocenters. The molecule has 0 bridgehead atoms. The molecule has 0 fully saturated rings. The van der Waals surface area contributed by atoms with Crippen molar-refractivity contribution in [2.45, 2.75) is 6.42 Å². The van der Waals surface area contributed by atoms with Crippen LogP contribution in [0.25, 0.3) is 11.0 Å². The highest BCUT2D eigenvalue weighted by Gasteiger charge is 2.13. The number of carbonyl (C=O) groups is 1. The van der Waals surface area contributed by atoms with E-state index in [2.05, 4.69) is 10.3 Å². The van der Waals surface area contributed by atoms with E-state index in [1.165, 1.54) is 12.1 Å². The zero-order chi connectivity index (χ0) is 17.3. The van der Waals surface area contributed by atoms with Crippen LogP contribution in [0.3, 0.4) is 0 Å². The molecule has 0 aliphatic heterocycles. The van der Waals surface area contributed by atoms with Crippen LogP contribution in [-0.2, 0) is 13.5 Å². The summed E-state index contributed by atoms with van der Waals surface area (Å²) in [7, 11) is 1.80. The molecule has 0 saturated heterocycles. The third-order valence-electron chi connectivity index (χ3n) is 3.75. The second kappa shape index (κ2) is 6.35. The van der Waals surface area contributed by atoms with Crippen LogP contribution in [0.1, 0.15) is 16.2 Å². The van der Waals surface area contributed by atoms with Gasteiger partial charge < -0.3 is 9.88 Å². The van der Waals surface area contributed by atoms with E-state index in [1.807, 2.05) is 0 Å². The number of aryl methyl sites for hydroxylation is 1. The van der Waals surface area contributed by atoms with Crippen LogP contribution in [-0.4, -0.2) is 22.0 Å². The molecule has 0 atom stereocenters. The van der Waals surface area contributed by atoms with Crippen LogP contribution >= 0.6 is 0 Å². The lowest BCUT2D eigenvalue weighted by Crippen LogP contribution is -2.27. The summed E-state index contributed by atoms with van der Waals surface area (Å²) in [4.78, 5) is 16.2. The molecule has 3 rings (SSSR count). The molecule has 24 heavy (non-hydrogen) atoms. The van der Waals surface area contributed by atoms with Gasteiger partial charge in [-0.05, 0) is 24.3 Å². The van der Waals surface area contributed by atoms with Gasteiger partial charge in [0.1, 0.15) is 23.3 Å². The van der Waals surface area contributed by atoms with E-state index in [-0.39, 0.29) is 17.9 Å². The van der Waals surface area contributed by atoms with Crippen molar-refractivity contribution < 1.29 is 18.0 Å². The number of hydrogen-bond donors (Lipinski definition) is 1. The van der Waals surface area contributed by atoms with Crippen LogP contribution in [0.2, 0.25) is 0 Å². The van der Waals surface area contributed by atoms with Crippen molar-refractivity contribution in [3.8, 4) is 0 Å². The van der Waals surface area contributed by atoms with Gasteiger partial charge in [0.25, 0.3) is 5.91 Å². The molecule has 7 heteroatoms. The number of benzene rings is 2. The molecular weight excluding hydrogens is 319 g/mol. The smallest absolute Gasteiger partial charge is 0.254 e. The van der Waals surface area contributed by atoms with Gasteiger partial charge >= 0.3 is 0 Å². The number of nitrogens with one attached hydrogen (secondary N) is 1. The summed E-state index contributed by atoms with van der Waals surface area (Å²) in [5.41, 5.74) is 1.09. The fourth-order valence-electron chi connectivity index (χ4n) is 2.50. The lowest BCUT2D eigenvalue weighted by atomic mass is 10.2. The first-order chi connectivity index (χ1) is 11.5. The first-order valence-electron chi connectivity index (χ1n) is 7.30. The lowest BCUT2D eigenvalue weighted by molar-refractivity contribution is 0.0950. The van der Waals surface area contributed by atoms with Crippen molar-refractivity contribution >= 4 is 16.9 Å². The Hall–Kier alpha value is -2.83. The zero-order valence-electron chi connectivity index (χ0n) is 12.8. The number of nitrogens with zero attached hydrogens (tertiary/aromatic N) is 2. The predicted molar refractivity (Wildman–Crippen MR) is 83.1 cm³/mol. The van der Waals surface area contributed by atoms with Crippen LogP contribution < -0.4 is 5.32 Å². The molecule has 0 aliphatic carbocycles. The largest absolute Gasteiger partial charge is 0.351 e. The van der Waals surface area contributed by atoms with Crippen molar-refractivity contribution in [1.29, 1.82) is 0 Å². The second-order valence-corrected chi connectivity index (χ2v) is 5.35. The van der Waals surface area contributed by atoms with Crippen molar-refractivity contribution in [3.63, 3.8) is 0 Å². The average Bonchev–Trinajstić information content (AvgIpc) is 2.82. The van der Waals surface area contributed by atoms with Gasteiger partial charge in [0.2, 0.25) is 0 Å². The SMILES string of the molecule is Cn1c(CCNC(=O)c2ccc(F)cc2F)nc2cc(F)ccc21. The molecule has 4 nitrogen and oxygen atoms in total. The Morgan fingerprint density at radius 1 is 1.12 bits per heavy atom. The molecule has 1 amide bonds. The number of halogens is 3. The molecule has 0 spiro atoms. The molecule has 0 radical (unpaired) electrons. The Morgan fingerprint density at radius 3 is 2.58 bits per heavy atom. The van der Waals surface area contributed by atoms with Gasteiger partial charge in [0, 0.05) is 32.1 Å². The fourth-order valence-corrected chi connectivity index (χ4v) is 2.50. The Labute approximate surface area is 135 Å². The summed E-state index contributed by atoms with van der Waals surface area (Å²) in [6.07, 6.45) is 0.390. The van der Waals surface area contributed by atoms with E-state index in [1.54, 1.807) is 17.7 Å². The van der Waals surface area contributed by atoms with Gasteiger partial charge in [-0.1, -0.05) is 0 Å². The summed E-state index contributed by atoms with van der Waals surface area (Å²) in [6, 6.07) is 7.11. The summed E-state index contributed by atoms with van der Waals surface area (Å²) in [6.45, 7) is 0.218. The van der Waals surface area contributed by atoms with Gasteiger partial charge in [-0.25, -0.2) is 18.2 Å². The molecule has 2 aromatic carbocycles. The van der Waals surface area contributed by atoms with Crippen LogP contribution in [0.4, 0.5) is 13.2 Å². The Bertz CT molecular complexity index is 921. The minimum absolute atomic E-state index is 0.218. The zero-order valence-corrected chi connectivity index (χ0v) is 12.8. The third kappa shape index (κ3) is 3.10. The number of rotatable bonds is 4. The minimum Gasteiger partial charge on any atom is -0.351 e. The fraction of sp³-hybridized carbons (Fsp3) is 0.176. The van der Waals surface area contributed by atoms with E-state index in [4.69, 9.17) is 0 Å². The topological polar surface area (TPSA) is 46.9 Å². The Kier molecular flexibility index (Phi) is 4.24. The van der Waals surface area contributed by atoms with Crippen LogP contribution in [0, 0.1) is 17.5 Å². The molecule has 0 saturated carbocycles. The normalized spacial score (nSPS) is 11.0. The van der Waals surface area contributed by atoms with E-state index < -0.39 is 17.5 Å². The average molecular weight is 333 g/mol. The molecule has 124 valence electrons. The van der Waals surface area contributed by atoms with Crippen molar-refractivity contribution in [3.05, 3.63) is 65.2 Å². The summed E-state index contributed by atoms with van der Waals surface area (Å²) in [5.74, 6) is -1.98. The quantitative estimate of drug-likeness (QED) is 0.798. The molecule has 3 aromatic rings. The van der Waals surface area contributed by atoms with Crippen molar-refractivity contribution in [2.75, 3.05) is 6.54 Å². The first kappa shape index (κ1) is 16.0. The van der Waals surface area contributed by atoms with Crippen molar-refractivity contribution in [1.82, 2.24) is 14.9 Å². The van der Waals surface area contributed by atoms with Gasteiger partial charge in [-0.3, -0.25) is 4.79 Å². The molecule has 0 aliphatic rings. The number of aromatic nitrogens is 2. The van der Waals surface area contributed by atoms with E-state index in [0.29, 0.717) is 23.8 Å². The van der Waals surface area contributed by atoms with E-state index >= 15 is 0 Å². The maximum atomic E-state index is 13.5. The van der Waals surface area contributed by atoms with Gasteiger partial charge in [-0.2, -0.15) is 0 Å². The van der Waals surface area contributed by atoms with E-state index in [9.17, 15) is 18.0 Å². The number of amides is 1. The number of carbonyl (C=O) groups excluding carboxylic acids is 1. The molecular formula is C17H14F3N3O. The van der Waals surface area contributed by atoms with Crippen LogP contribution in [0.5, 0.6) is 0 Å².